The lowest BCUT2D eigenvalue weighted by Gasteiger charge is -2.19. The predicted molar refractivity (Wildman–Crippen MR) is 67.0 cm³/mol. The smallest absolute Gasteiger partial charge is 0.330 e. The van der Waals surface area contributed by atoms with Crippen LogP contribution in [0.25, 0.3) is 0 Å². The maximum Gasteiger partial charge on any atom is 0.330 e. The summed E-state index contributed by atoms with van der Waals surface area (Å²) in [5.41, 5.74) is 4.80. The average molecular weight is 287 g/mol. The van der Waals surface area contributed by atoms with Crippen molar-refractivity contribution >= 4 is 0 Å². The third-order valence-electron chi connectivity index (χ3n) is 3.34. The van der Waals surface area contributed by atoms with Crippen molar-refractivity contribution in [3.63, 3.8) is 0 Å². The highest BCUT2D eigenvalue weighted by atomic mass is 16.5. The number of ether oxygens (including phenoxy) is 1. The Kier molecular flexibility index (Phi) is 4.06. The SMILES string of the molecule is Cc1cn(C2O[C@@H]([C@H](O)CO)[C@H](O)[C@H]2N)c(=O)[nH]c1=O. The summed E-state index contributed by atoms with van der Waals surface area (Å²) in [7, 11) is 0. The van der Waals surface area contributed by atoms with E-state index in [1.54, 1.807) is 0 Å². The Labute approximate surface area is 113 Å². The van der Waals surface area contributed by atoms with Crippen LogP contribution in [-0.2, 0) is 4.74 Å². The molecular formula is C11H17N3O6. The summed E-state index contributed by atoms with van der Waals surface area (Å²) >= 11 is 0. The number of aliphatic hydroxyl groups is 3. The highest BCUT2D eigenvalue weighted by molar-refractivity contribution is 5.04. The van der Waals surface area contributed by atoms with Gasteiger partial charge in [-0.2, -0.15) is 0 Å². The summed E-state index contributed by atoms with van der Waals surface area (Å²) in [6.45, 7) is 0.895. The van der Waals surface area contributed by atoms with Crippen molar-refractivity contribution in [1.29, 1.82) is 0 Å². The van der Waals surface area contributed by atoms with Gasteiger partial charge in [-0.15, -0.1) is 0 Å². The fourth-order valence-corrected chi connectivity index (χ4v) is 2.17. The molecule has 20 heavy (non-hydrogen) atoms. The van der Waals surface area contributed by atoms with Gasteiger partial charge >= 0.3 is 5.69 Å². The molecule has 2 heterocycles. The predicted octanol–water partition coefficient (Wildman–Crippen LogP) is -3.22. The first-order valence-electron chi connectivity index (χ1n) is 6.07. The number of hydrogen-bond donors (Lipinski definition) is 5. The number of rotatable bonds is 3. The fraction of sp³-hybridized carbons (Fsp3) is 0.636. The van der Waals surface area contributed by atoms with Gasteiger partial charge in [0, 0.05) is 11.8 Å². The van der Waals surface area contributed by atoms with E-state index in [1.165, 1.54) is 13.1 Å². The van der Waals surface area contributed by atoms with Crippen molar-refractivity contribution < 1.29 is 20.1 Å². The molecule has 5 atom stereocenters. The molecule has 9 nitrogen and oxygen atoms in total. The van der Waals surface area contributed by atoms with E-state index in [0.717, 1.165) is 4.57 Å². The van der Waals surface area contributed by atoms with Crippen LogP contribution in [0.4, 0.5) is 0 Å². The van der Waals surface area contributed by atoms with E-state index in [0.29, 0.717) is 0 Å². The van der Waals surface area contributed by atoms with Gasteiger partial charge in [-0.1, -0.05) is 0 Å². The molecule has 1 aromatic rings. The normalized spacial score (nSPS) is 31.4. The van der Waals surface area contributed by atoms with Crippen molar-refractivity contribution in [2.45, 2.75) is 37.5 Å². The maximum atomic E-state index is 11.8. The molecular weight excluding hydrogens is 270 g/mol. The Morgan fingerprint density at radius 1 is 1.55 bits per heavy atom. The zero-order chi connectivity index (χ0) is 15.0. The second kappa shape index (κ2) is 5.46. The fourth-order valence-electron chi connectivity index (χ4n) is 2.17. The van der Waals surface area contributed by atoms with Gasteiger partial charge < -0.3 is 25.8 Å². The zero-order valence-corrected chi connectivity index (χ0v) is 10.8. The summed E-state index contributed by atoms with van der Waals surface area (Å²) in [5, 5.41) is 28.3. The van der Waals surface area contributed by atoms with Crippen molar-refractivity contribution in [1.82, 2.24) is 9.55 Å². The second-order valence-electron chi connectivity index (χ2n) is 4.79. The molecule has 1 unspecified atom stereocenters. The number of aromatic amines is 1. The van der Waals surface area contributed by atoms with E-state index in [9.17, 15) is 19.8 Å². The van der Waals surface area contributed by atoms with Crippen molar-refractivity contribution in [3.05, 3.63) is 32.6 Å². The number of hydrogen-bond acceptors (Lipinski definition) is 7. The average Bonchev–Trinajstić information content (AvgIpc) is 2.70. The lowest BCUT2D eigenvalue weighted by atomic mass is 10.0. The van der Waals surface area contributed by atoms with Gasteiger partial charge in [0.05, 0.1) is 12.6 Å². The molecule has 0 amide bonds. The van der Waals surface area contributed by atoms with Crippen LogP contribution in [0.1, 0.15) is 11.8 Å². The van der Waals surface area contributed by atoms with E-state index in [4.69, 9.17) is 15.6 Å². The molecule has 9 heteroatoms. The van der Waals surface area contributed by atoms with E-state index in [-0.39, 0.29) is 5.56 Å². The van der Waals surface area contributed by atoms with Crippen LogP contribution in [0.5, 0.6) is 0 Å². The van der Waals surface area contributed by atoms with Gasteiger partial charge in [-0.05, 0) is 6.92 Å². The molecule has 0 spiro atoms. The van der Waals surface area contributed by atoms with Gasteiger partial charge in [-0.3, -0.25) is 14.3 Å². The molecule has 6 N–H and O–H groups in total. The number of nitrogens with one attached hydrogen (secondary N) is 1. The molecule has 0 saturated carbocycles. The monoisotopic (exact) mass is 287 g/mol. The van der Waals surface area contributed by atoms with Crippen LogP contribution in [0, 0.1) is 6.92 Å². The molecule has 1 fully saturated rings. The standard InChI is InChI=1S/C11H17N3O6/c1-4-2-14(11(19)13-9(4)18)10-6(12)7(17)8(20-10)5(16)3-15/h2,5-8,10,15-17H,3,12H2,1H3,(H,13,18,19)/t5-,6-,7-,8+,10?/m1/s1. The molecule has 1 aliphatic rings. The van der Waals surface area contributed by atoms with Gasteiger partial charge in [0.25, 0.3) is 5.56 Å². The maximum absolute atomic E-state index is 11.8. The third kappa shape index (κ3) is 2.41. The van der Waals surface area contributed by atoms with Crippen LogP contribution >= 0.6 is 0 Å². The highest BCUT2D eigenvalue weighted by Crippen LogP contribution is 2.28. The van der Waals surface area contributed by atoms with E-state index < -0.39 is 48.4 Å². The molecule has 1 saturated heterocycles. The minimum atomic E-state index is -1.32. The Bertz CT molecular complexity index is 597. The van der Waals surface area contributed by atoms with Crippen LogP contribution < -0.4 is 17.0 Å². The summed E-state index contributed by atoms with van der Waals surface area (Å²) in [5.74, 6) is 0. The first-order valence-corrected chi connectivity index (χ1v) is 6.07. The zero-order valence-electron chi connectivity index (χ0n) is 10.8. The molecule has 2 rings (SSSR count). The molecule has 0 aliphatic carbocycles. The minimum Gasteiger partial charge on any atom is -0.394 e. The Balaban J connectivity index is 2.37. The van der Waals surface area contributed by atoms with Crippen molar-refractivity contribution in [2.24, 2.45) is 5.73 Å². The molecule has 1 aliphatic heterocycles. The topological polar surface area (TPSA) is 151 Å². The number of nitrogens with zero attached hydrogens (tertiary/aromatic N) is 1. The van der Waals surface area contributed by atoms with Crippen LogP contribution in [0.2, 0.25) is 0 Å². The molecule has 0 radical (unpaired) electrons. The first kappa shape index (κ1) is 14.9. The number of aryl methyl sites for hydroxylation is 1. The van der Waals surface area contributed by atoms with Crippen molar-refractivity contribution in [3.8, 4) is 0 Å². The van der Waals surface area contributed by atoms with E-state index >= 15 is 0 Å². The Morgan fingerprint density at radius 3 is 2.80 bits per heavy atom. The summed E-state index contributed by atoms with van der Waals surface area (Å²) in [6, 6.07) is -0.982. The van der Waals surface area contributed by atoms with Crippen LogP contribution in [-0.4, -0.2) is 55.8 Å². The number of nitrogens with two attached hydrogens (primary N) is 1. The Hall–Kier alpha value is -1.52. The number of aromatic nitrogens is 2. The molecule has 0 aromatic carbocycles. The van der Waals surface area contributed by atoms with Crippen molar-refractivity contribution in [2.75, 3.05) is 6.61 Å². The van der Waals surface area contributed by atoms with E-state index in [2.05, 4.69) is 4.98 Å². The summed E-state index contributed by atoms with van der Waals surface area (Å²) < 4.78 is 6.41. The van der Waals surface area contributed by atoms with Gasteiger partial charge in [0.1, 0.15) is 18.3 Å². The summed E-state index contributed by atoms with van der Waals surface area (Å²) in [6.07, 6.45) is -3.45. The lowest BCUT2D eigenvalue weighted by Crippen LogP contribution is -2.45. The molecule has 112 valence electrons. The second-order valence-corrected chi connectivity index (χ2v) is 4.79. The largest absolute Gasteiger partial charge is 0.394 e. The number of aliphatic hydroxyl groups excluding tert-OH is 3. The van der Waals surface area contributed by atoms with Gasteiger partial charge in [-0.25, -0.2) is 4.79 Å². The summed E-state index contributed by atoms with van der Waals surface area (Å²) in [4.78, 5) is 25.2. The lowest BCUT2D eigenvalue weighted by molar-refractivity contribution is -0.0967. The van der Waals surface area contributed by atoms with E-state index in [1.807, 2.05) is 0 Å². The van der Waals surface area contributed by atoms with Gasteiger partial charge in [0.2, 0.25) is 0 Å². The Morgan fingerprint density at radius 2 is 2.20 bits per heavy atom. The molecule has 1 aromatic heterocycles. The van der Waals surface area contributed by atoms with Crippen LogP contribution in [0.3, 0.4) is 0 Å². The van der Waals surface area contributed by atoms with Crippen LogP contribution in [0.15, 0.2) is 15.8 Å². The minimum absolute atomic E-state index is 0.279. The quantitative estimate of drug-likeness (QED) is 0.392. The highest BCUT2D eigenvalue weighted by Gasteiger charge is 2.45. The first-order chi connectivity index (χ1) is 9.36. The third-order valence-corrected chi connectivity index (χ3v) is 3.34. The van der Waals surface area contributed by atoms with Gasteiger partial charge in [0.15, 0.2) is 6.23 Å². The number of H-pyrrole nitrogens is 1. The molecule has 0 bridgehead atoms.